The van der Waals surface area contributed by atoms with Crippen molar-refractivity contribution in [3.05, 3.63) is 207 Å². The zero-order valence-corrected chi connectivity index (χ0v) is 56.6. The number of hydrogen-bond donors (Lipinski definition) is 0. The predicted molar refractivity (Wildman–Crippen MR) is 356 cm³/mol. The maximum atomic E-state index is 4.47. The fraction of sp³-hybridized carbons (Fsp3) is 0.533. The van der Waals surface area contributed by atoms with Crippen LogP contribution >= 0.6 is 0 Å². The zero-order chi connectivity index (χ0) is 62.2. The van der Waals surface area contributed by atoms with Crippen LogP contribution in [0.4, 0.5) is 0 Å². The number of hydrogen-bond acceptors (Lipinski definition) is 7. The predicted octanol–water partition coefficient (Wildman–Crippen LogP) is 20.7. The summed E-state index contributed by atoms with van der Waals surface area (Å²) in [6.07, 6.45) is 14.6. The number of aromatic nitrogens is 7. The Morgan fingerprint density at radius 3 is 0.683 bits per heavy atom. The lowest BCUT2D eigenvalue weighted by Crippen LogP contribution is -2.04. The highest BCUT2D eigenvalue weighted by Gasteiger charge is 2.13. The average Bonchev–Trinajstić information content (AvgIpc) is 3.38. The topological polar surface area (TPSA) is 90.2 Å². The van der Waals surface area contributed by atoms with Crippen LogP contribution in [0.2, 0.25) is 0 Å². The Labute approximate surface area is 503 Å². The molecule has 0 saturated carbocycles. The third-order valence-electron chi connectivity index (χ3n) is 14.6. The lowest BCUT2D eigenvalue weighted by Gasteiger charge is -2.14. The van der Waals surface area contributed by atoms with E-state index in [-0.39, 0.29) is 0 Å². The first-order chi connectivity index (χ1) is 38.4. The van der Waals surface area contributed by atoms with Gasteiger partial charge in [-0.05, 0) is 240 Å². The molecular formula is C75H115N7. The van der Waals surface area contributed by atoms with E-state index >= 15 is 0 Å². The number of rotatable bonds is 14. The van der Waals surface area contributed by atoms with Crippen molar-refractivity contribution < 1.29 is 0 Å². The van der Waals surface area contributed by atoms with E-state index in [0.29, 0.717) is 65.1 Å². The Kier molecular flexibility index (Phi) is 35.7. The Bertz CT molecular complexity index is 2510. The van der Waals surface area contributed by atoms with Gasteiger partial charge in [-0.25, -0.2) is 0 Å². The monoisotopic (exact) mass is 1110 g/mol. The lowest BCUT2D eigenvalue weighted by atomic mass is 9.94. The van der Waals surface area contributed by atoms with Crippen LogP contribution in [0, 0.1) is 96.8 Å². The van der Waals surface area contributed by atoms with E-state index in [1.54, 1.807) is 0 Å². The number of pyridine rings is 7. The molecule has 7 heteroatoms. The highest BCUT2D eigenvalue weighted by molar-refractivity contribution is 5.22. The second-order valence-electron chi connectivity index (χ2n) is 25.9. The molecule has 4 unspecified atom stereocenters. The van der Waals surface area contributed by atoms with Gasteiger partial charge in [-0.15, -0.1) is 0 Å². The summed E-state index contributed by atoms with van der Waals surface area (Å²) in [4.78, 5) is 30.5. The summed E-state index contributed by atoms with van der Waals surface area (Å²) < 4.78 is 0. The molecule has 7 rings (SSSR count). The van der Waals surface area contributed by atoms with E-state index in [4.69, 9.17) is 0 Å². The molecule has 0 aliphatic heterocycles. The quantitative estimate of drug-likeness (QED) is 0.107. The second kappa shape index (κ2) is 39.5. The van der Waals surface area contributed by atoms with Crippen LogP contribution in [-0.4, -0.2) is 34.9 Å². The van der Waals surface area contributed by atoms with Gasteiger partial charge in [0.15, 0.2) is 0 Å². The number of aryl methyl sites for hydroxylation is 8. The Morgan fingerprint density at radius 2 is 0.476 bits per heavy atom. The van der Waals surface area contributed by atoms with Crippen LogP contribution in [0.5, 0.6) is 0 Å². The molecule has 4 atom stereocenters. The Balaban J connectivity index is 0.000000478. The molecule has 7 nitrogen and oxygen atoms in total. The van der Waals surface area contributed by atoms with Crippen molar-refractivity contribution in [1.29, 1.82) is 0 Å². The molecule has 450 valence electrons. The van der Waals surface area contributed by atoms with Crippen LogP contribution in [-0.2, 0) is 19.3 Å². The summed E-state index contributed by atoms with van der Waals surface area (Å²) in [7, 11) is 0. The third kappa shape index (κ3) is 32.6. The highest BCUT2D eigenvalue weighted by atomic mass is 14.7. The molecule has 7 aromatic rings. The van der Waals surface area contributed by atoms with Crippen molar-refractivity contribution in [2.24, 2.45) is 41.4 Å². The molecule has 7 aromatic heterocycles. The molecule has 0 spiro atoms. The molecule has 7 heterocycles. The Hall–Kier alpha value is -5.95. The van der Waals surface area contributed by atoms with Crippen molar-refractivity contribution >= 4 is 0 Å². The van der Waals surface area contributed by atoms with Gasteiger partial charge in [0.2, 0.25) is 0 Å². The van der Waals surface area contributed by atoms with Crippen LogP contribution in [0.1, 0.15) is 233 Å². The molecule has 0 amide bonds. The van der Waals surface area contributed by atoms with Crippen molar-refractivity contribution in [3.63, 3.8) is 0 Å². The van der Waals surface area contributed by atoms with Crippen molar-refractivity contribution in [3.8, 4) is 0 Å². The fourth-order valence-electron chi connectivity index (χ4n) is 8.31. The summed E-state index contributed by atoms with van der Waals surface area (Å²) in [5.41, 5.74) is 18.7. The minimum Gasteiger partial charge on any atom is -0.261 e. The summed E-state index contributed by atoms with van der Waals surface area (Å²) in [5, 5.41) is 0. The molecular weight excluding hydrogens is 999 g/mol. The van der Waals surface area contributed by atoms with E-state index in [1.165, 1.54) is 78.8 Å². The molecule has 0 aromatic carbocycles. The first-order valence-electron chi connectivity index (χ1n) is 30.9. The first-order valence-corrected chi connectivity index (χ1v) is 30.9. The van der Waals surface area contributed by atoms with Crippen molar-refractivity contribution in [1.82, 2.24) is 34.9 Å². The van der Waals surface area contributed by atoms with Gasteiger partial charge in [0, 0.05) is 106 Å². The van der Waals surface area contributed by atoms with Crippen molar-refractivity contribution in [2.75, 3.05) is 0 Å². The normalized spacial score (nSPS) is 12.3. The molecule has 0 bridgehead atoms. The molecule has 0 aliphatic rings. The van der Waals surface area contributed by atoms with Crippen molar-refractivity contribution in [2.45, 2.75) is 223 Å². The Morgan fingerprint density at radius 1 is 0.256 bits per heavy atom. The highest BCUT2D eigenvalue weighted by Crippen LogP contribution is 2.25. The SMILES string of the molecule is Cc1cc(C)nc(CC(C)C)c1.Cc1ccnc(C(C)C(C)C)c1.Cc1ccnc(C(C)C(C)C)c1.Cc1ccnc(C(C)C(C)C)c1.Cc1ccnc(C(C)C(C)C)c1.Cc1ccnc(CC(C)C)c1.Cc1ccnc(CC(C)C)c1. The summed E-state index contributed by atoms with van der Waals surface area (Å²) in [6.45, 7) is 56.9. The van der Waals surface area contributed by atoms with E-state index in [2.05, 4.69) is 263 Å². The summed E-state index contributed by atoms with van der Waals surface area (Å²) in [5.74, 6) is 6.99. The van der Waals surface area contributed by atoms with E-state index in [0.717, 1.165) is 25.0 Å². The van der Waals surface area contributed by atoms with Gasteiger partial charge in [-0.3, -0.25) is 34.9 Å². The maximum Gasteiger partial charge on any atom is 0.0436 e. The second-order valence-corrected chi connectivity index (χ2v) is 25.9. The minimum absolute atomic E-state index is 0.560. The van der Waals surface area contributed by atoms with Gasteiger partial charge >= 0.3 is 0 Å². The van der Waals surface area contributed by atoms with Gasteiger partial charge in [0.1, 0.15) is 0 Å². The molecule has 0 aliphatic carbocycles. The van der Waals surface area contributed by atoms with Crippen LogP contribution in [0.15, 0.2) is 122 Å². The van der Waals surface area contributed by atoms with Gasteiger partial charge in [0.25, 0.3) is 0 Å². The lowest BCUT2D eigenvalue weighted by molar-refractivity contribution is 0.523. The third-order valence-corrected chi connectivity index (χ3v) is 14.6. The average molecular weight is 1110 g/mol. The molecule has 0 radical (unpaired) electrons. The smallest absolute Gasteiger partial charge is 0.0436 e. The van der Waals surface area contributed by atoms with Gasteiger partial charge in [0.05, 0.1) is 0 Å². The van der Waals surface area contributed by atoms with Crippen LogP contribution < -0.4 is 0 Å². The molecule has 0 fully saturated rings. The van der Waals surface area contributed by atoms with E-state index in [9.17, 15) is 0 Å². The molecule has 0 saturated heterocycles. The van der Waals surface area contributed by atoms with E-state index in [1.807, 2.05) is 73.6 Å². The zero-order valence-electron chi connectivity index (χ0n) is 56.6. The van der Waals surface area contributed by atoms with Gasteiger partial charge in [-0.1, -0.05) is 125 Å². The summed E-state index contributed by atoms with van der Waals surface area (Å²) >= 11 is 0. The minimum atomic E-state index is 0.560. The molecule has 82 heavy (non-hydrogen) atoms. The van der Waals surface area contributed by atoms with Crippen LogP contribution in [0.3, 0.4) is 0 Å². The molecule has 0 N–H and O–H groups in total. The fourth-order valence-corrected chi connectivity index (χ4v) is 8.31. The maximum absolute atomic E-state index is 4.47. The standard InChI is InChI=1S/5C11H17N.2C10H15N/c1-8(2)5-11-7-9(3)6-10(4)12-11;4*1-8(2)10(4)11-7-9(3)5-6-12-11;2*1-8(2)6-10-7-9(3)4-5-11-10/h6-8H,5H2,1-4H3;4*5-8,10H,1-4H3;2*4-5,7-8H,6H2,1-3H3. The van der Waals surface area contributed by atoms with Crippen LogP contribution in [0.25, 0.3) is 0 Å². The first kappa shape index (κ1) is 74.1. The van der Waals surface area contributed by atoms with Gasteiger partial charge in [-0.2, -0.15) is 0 Å². The largest absolute Gasteiger partial charge is 0.261 e. The summed E-state index contributed by atoms with van der Waals surface area (Å²) in [6, 6.07) is 29.5. The van der Waals surface area contributed by atoms with Gasteiger partial charge < -0.3 is 0 Å². The van der Waals surface area contributed by atoms with E-state index < -0.39 is 0 Å². The number of nitrogens with zero attached hydrogens (tertiary/aromatic N) is 7.